The normalized spacial score (nSPS) is 18.3. The Bertz CT molecular complexity index is 521. The van der Waals surface area contributed by atoms with Crippen LogP contribution in [0.3, 0.4) is 0 Å². The molecule has 0 spiro atoms. The summed E-state index contributed by atoms with van der Waals surface area (Å²) in [6.45, 7) is 10.7. The lowest BCUT2D eigenvalue weighted by Crippen LogP contribution is -2.35. The second-order valence-electron chi connectivity index (χ2n) is 6.85. The van der Waals surface area contributed by atoms with Gasteiger partial charge in [-0.2, -0.15) is 0 Å². The van der Waals surface area contributed by atoms with Gasteiger partial charge in [0, 0.05) is 0 Å². The SMILES string of the molecule is Cc1cc([C@@H](C)NS(=O)C(C)(C)C)ncc1OCC1CC1. The van der Waals surface area contributed by atoms with Gasteiger partial charge in [-0.05, 0) is 65.0 Å². The van der Waals surface area contributed by atoms with Gasteiger partial charge in [-0.1, -0.05) is 0 Å². The van der Waals surface area contributed by atoms with E-state index in [9.17, 15) is 4.21 Å². The van der Waals surface area contributed by atoms with Crippen LogP contribution >= 0.6 is 0 Å². The fraction of sp³-hybridized carbons (Fsp3) is 0.688. The Morgan fingerprint density at radius 1 is 1.48 bits per heavy atom. The highest BCUT2D eigenvalue weighted by atomic mass is 32.2. The Hall–Kier alpha value is -0.940. The molecule has 1 aliphatic carbocycles. The van der Waals surface area contributed by atoms with Crippen molar-refractivity contribution in [3.05, 3.63) is 23.5 Å². The smallest absolute Gasteiger partial charge is 0.140 e. The van der Waals surface area contributed by atoms with Gasteiger partial charge >= 0.3 is 0 Å². The second-order valence-corrected chi connectivity index (χ2v) is 8.85. The molecule has 0 aliphatic heterocycles. The minimum atomic E-state index is -1.10. The zero-order valence-corrected chi connectivity index (χ0v) is 14.4. The molecule has 0 radical (unpaired) electrons. The van der Waals surface area contributed by atoms with Crippen LogP contribution in [-0.4, -0.2) is 20.5 Å². The van der Waals surface area contributed by atoms with E-state index in [0.29, 0.717) is 0 Å². The lowest BCUT2D eigenvalue weighted by Gasteiger charge is -2.22. The molecular weight excluding hydrogens is 284 g/mol. The number of nitrogens with one attached hydrogen (secondary N) is 1. The first kappa shape index (κ1) is 16.4. The zero-order chi connectivity index (χ0) is 15.6. The molecule has 1 N–H and O–H groups in total. The first-order chi connectivity index (χ1) is 9.77. The first-order valence-electron chi connectivity index (χ1n) is 7.54. The molecule has 1 aromatic rings. The van der Waals surface area contributed by atoms with Crippen LogP contribution in [0.2, 0.25) is 0 Å². The molecule has 1 heterocycles. The lowest BCUT2D eigenvalue weighted by molar-refractivity contribution is 0.296. The maximum atomic E-state index is 12.1. The lowest BCUT2D eigenvalue weighted by atomic mass is 10.1. The van der Waals surface area contributed by atoms with E-state index < -0.39 is 11.0 Å². The summed E-state index contributed by atoms with van der Waals surface area (Å²) in [6.07, 6.45) is 4.35. The van der Waals surface area contributed by atoms with Crippen LogP contribution in [0.4, 0.5) is 0 Å². The highest BCUT2D eigenvalue weighted by molar-refractivity contribution is 7.84. The summed E-state index contributed by atoms with van der Waals surface area (Å²) >= 11 is 0. The van der Waals surface area contributed by atoms with Crippen LogP contribution < -0.4 is 9.46 Å². The Morgan fingerprint density at radius 2 is 2.14 bits per heavy atom. The van der Waals surface area contributed by atoms with Gasteiger partial charge in [-0.15, -0.1) is 0 Å². The largest absolute Gasteiger partial charge is 0.491 e. The number of hydrogen-bond acceptors (Lipinski definition) is 3. The number of rotatable bonds is 6. The summed E-state index contributed by atoms with van der Waals surface area (Å²) < 4.78 is 20.8. The molecule has 4 nitrogen and oxygen atoms in total. The van der Waals surface area contributed by atoms with Gasteiger partial charge in [0.2, 0.25) is 0 Å². The molecule has 1 unspecified atom stereocenters. The predicted octanol–water partition coefficient (Wildman–Crippen LogP) is 3.29. The molecule has 2 atom stereocenters. The van der Waals surface area contributed by atoms with Crippen LogP contribution in [0.5, 0.6) is 5.75 Å². The van der Waals surface area contributed by atoms with Crippen molar-refractivity contribution < 1.29 is 8.95 Å². The molecule has 1 aromatic heterocycles. The third-order valence-corrected chi connectivity index (χ3v) is 5.22. The maximum absolute atomic E-state index is 12.1. The molecule has 118 valence electrons. The molecule has 0 amide bonds. The van der Waals surface area contributed by atoms with E-state index in [2.05, 4.69) is 9.71 Å². The van der Waals surface area contributed by atoms with Crippen molar-refractivity contribution in [1.29, 1.82) is 0 Å². The van der Waals surface area contributed by atoms with Gasteiger partial charge in [-0.25, -0.2) is 8.93 Å². The molecular formula is C16H26N2O2S. The maximum Gasteiger partial charge on any atom is 0.140 e. The Labute approximate surface area is 130 Å². The van der Waals surface area contributed by atoms with E-state index in [1.165, 1.54) is 12.8 Å². The molecule has 2 rings (SSSR count). The number of hydrogen-bond donors (Lipinski definition) is 1. The number of aromatic nitrogens is 1. The molecule has 1 saturated carbocycles. The average molecular weight is 310 g/mol. The molecule has 0 saturated heterocycles. The van der Waals surface area contributed by atoms with Gasteiger partial charge < -0.3 is 4.74 Å². The van der Waals surface area contributed by atoms with Gasteiger partial charge in [0.05, 0.1) is 40.3 Å². The fourth-order valence-corrected chi connectivity index (χ4v) is 2.64. The topological polar surface area (TPSA) is 51.2 Å². The highest BCUT2D eigenvalue weighted by Crippen LogP contribution is 2.30. The van der Waals surface area contributed by atoms with Crippen molar-refractivity contribution in [2.24, 2.45) is 5.92 Å². The van der Waals surface area contributed by atoms with Crippen molar-refractivity contribution in [3.63, 3.8) is 0 Å². The summed E-state index contributed by atoms with van der Waals surface area (Å²) in [5, 5.41) is 0. The van der Waals surface area contributed by atoms with E-state index in [4.69, 9.17) is 4.74 Å². The van der Waals surface area contributed by atoms with Crippen molar-refractivity contribution in [3.8, 4) is 5.75 Å². The third-order valence-electron chi connectivity index (χ3n) is 3.54. The van der Waals surface area contributed by atoms with Crippen LogP contribution in [0.15, 0.2) is 12.3 Å². The highest BCUT2D eigenvalue weighted by Gasteiger charge is 2.23. The molecule has 21 heavy (non-hydrogen) atoms. The van der Waals surface area contributed by atoms with Crippen molar-refractivity contribution in [2.75, 3.05) is 6.61 Å². The van der Waals surface area contributed by atoms with E-state index in [1.807, 2.05) is 40.7 Å². The average Bonchev–Trinajstić information content (AvgIpc) is 3.20. The van der Waals surface area contributed by atoms with Crippen LogP contribution in [-0.2, 0) is 11.0 Å². The van der Waals surface area contributed by atoms with Gasteiger partial charge in [0.1, 0.15) is 5.75 Å². The van der Waals surface area contributed by atoms with Crippen LogP contribution in [0, 0.1) is 12.8 Å². The van der Waals surface area contributed by atoms with Gasteiger partial charge in [-0.3, -0.25) is 4.98 Å². The molecule has 5 heteroatoms. The summed E-state index contributed by atoms with van der Waals surface area (Å²) in [5.41, 5.74) is 1.97. The first-order valence-corrected chi connectivity index (χ1v) is 8.69. The van der Waals surface area contributed by atoms with Crippen LogP contribution in [0.25, 0.3) is 0 Å². The number of nitrogens with zero attached hydrogens (tertiary/aromatic N) is 1. The van der Waals surface area contributed by atoms with E-state index in [1.54, 1.807) is 6.20 Å². The van der Waals surface area contributed by atoms with Crippen LogP contribution in [0.1, 0.15) is 57.8 Å². The van der Waals surface area contributed by atoms with Gasteiger partial charge in [0.15, 0.2) is 0 Å². The van der Waals surface area contributed by atoms with Gasteiger partial charge in [0.25, 0.3) is 0 Å². The van der Waals surface area contributed by atoms with Crippen molar-refractivity contribution in [1.82, 2.24) is 9.71 Å². The van der Waals surface area contributed by atoms with E-state index in [-0.39, 0.29) is 10.8 Å². The quantitative estimate of drug-likeness (QED) is 0.877. The summed E-state index contributed by atoms with van der Waals surface area (Å²) in [4.78, 5) is 4.45. The minimum absolute atomic E-state index is 0.0544. The standard InChI is InChI=1S/C16H26N2O2S/c1-11-8-14(12(2)18-21(19)16(3,4)5)17-9-15(11)20-10-13-6-7-13/h8-9,12-13,18H,6-7,10H2,1-5H3/t12-,21?/m1/s1. The Morgan fingerprint density at radius 3 is 2.67 bits per heavy atom. The number of aryl methyl sites for hydroxylation is 1. The summed E-state index contributed by atoms with van der Waals surface area (Å²) in [5.74, 6) is 1.59. The van der Waals surface area contributed by atoms with Crippen molar-refractivity contribution in [2.45, 2.75) is 58.2 Å². The van der Waals surface area contributed by atoms with E-state index >= 15 is 0 Å². The fourth-order valence-electron chi connectivity index (χ4n) is 1.84. The summed E-state index contributed by atoms with van der Waals surface area (Å²) in [7, 11) is -1.10. The summed E-state index contributed by atoms with van der Waals surface area (Å²) in [6, 6.07) is 1.96. The predicted molar refractivity (Wildman–Crippen MR) is 86.6 cm³/mol. The monoisotopic (exact) mass is 310 g/mol. The number of pyridine rings is 1. The Balaban J connectivity index is 1.99. The molecule has 1 fully saturated rings. The molecule has 0 bridgehead atoms. The number of ether oxygens (including phenoxy) is 1. The zero-order valence-electron chi connectivity index (χ0n) is 13.6. The second kappa shape index (κ2) is 6.44. The Kier molecular flexibility index (Phi) is 5.04. The van der Waals surface area contributed by atoms with E-state index in [0.717, 1.165) is 29.5 Å². The van der Waals surface area contributed by atoms with Crippen molar-refractivity contribution >= 4 is 11.0 Å². The molecule has 0 aromatic carbocycles. The third kappa shape index (κ3) is 4.78. The molecule has 1 aliphatic rings. The minimum Gasteiger partial charge on any atom is -0.491 e.